The van der Waals surface area contributed by atoms with Crippen LogP contribution < -0.4 is 10.1 Å². The second-order valence-corrected chi connectivity index (χ2v) is 9.07. The van der Waals surface area contributed by atoms with Crippen molar-refractivity contribution >= 4 is 39.7 Å². The number of thiazole rings is 1. The zero-order valence-electron chi connectivity index (χ0n) is 16.8. The van der Waals surface area contributed by atoms with E-state index in [0.717, 1.165) is 42.7 Å². The maximum atomic E-state index is 12.5. The highest BCUT2D eigenvalue weighted by Crippen LogP contribution is 2.30. The number of aryl methyl sites for hydroxylation is 2. The molecule has 30 heavy (non-hydrogen) atoms. The van der Waals surface area contributed by atoms with Crippen molar-refractivity contribution in [3.8, 4) is 17.0 Å². The zero-order chi connectivity index (χ0) is 21.1. The lowest BCUT2D eigenvalue weighted by atomic mass is 9.99. The first-order valence-electron chi connectivity index (χ1n) is 9.77. The van der Waals surface area contributed by atoms with Crippen molar-refractivity contribution in [3.05, 3.63) is 51.0 Å². The molecule has 3 aromatic rings. The van der Waals surface area contributed by atoms with Gasteiger partial charge in [-0.15, -0.1) is 22.7 Å². The minimum absolute atomic E-state index is 0.406. The summed E-state index contributed by atoms with van der Waals surface area (Å²) in [5.41, 5.74) is 2.87. The number of ether oxygens (including phenoxy) is 2. The normalized spacial score (nSPS) is 13.9. The van der Waals surface area contributed by atoms with Crippen LogP contribution in [0.5, 0.6) is 5.75 Å². The minimum Gasteiger partial charge on any atom is -0.497 e. The van der Waals surface area contributed by atoms with E-state index in [0.29, 0.717) is 10.0 Å². The summed E-state index contributed by atoms with van der Waals surface area (Å²) in [6, 6.07) is 9.46. The van der Waals surface area contributed by atoms with Gasteiger partial charge in [-0.2, -0.15) is 0 Å². The second-order valence-electron chi connectivity index (χ2n) is 7.07. The van der Waals surface area contributed by atoms with Gasteiger partial charge in [0, 0.05) is 15.8 Å². The number of aromatic nitrogens is 1. The monoisotopic (exact) mass is 442 g/mol. The van der Waals surface area contributed by atoms with Gasteiger partial charge in [0.25, 0.3) is 5.91 Å². The molecule has 0 spiro atoms. The Morgan fingerprint density at radius 1 is 1.20 bits per heavy atom. The molecule has 4 rings (SSSR count). The van der Waals surface area contributed by atoms with Gasteiger partial charge >= 0.3 is 5.97 Å². The standard InChI is InChI=1S/C22H22N2O4S2/c1-13(28-21(26)19-11-15-6-3-4-9-18(15)30-19)20(25)24-22-23-17(12-29-22)14-7-5-8-16(10-14)27-2/h5,7-8,10-13H,3-4,6,9H2,1-2H3,(H,23,24,25). The van der Waals surface area contributed by atoms with Crippen LogP contribution in [0.4, 0.5) is 5.13 Å². The van der Waals surface area contributed by atoms with Crippen LogP contribution in [0.2, 0.25) is 0 Å². The van der Waals surface area contributed by atoms with Crippen LogP contribution in [0.15, 0.2) is 35.7 Å². The number of nitrogens with one attached hydrogen (secondary N) is 1. The van der Waals surface area contributed by atoms with Crippen LogP contribution in [0, 0.1) is 0 Å². The van der Waals surface area contributed by atoms with Crippen molar-refractivity contribution in [2.24, 2.45) is 0 Å². The molecule has 0 bridgehead atoms. The number of esters is 1. The van der Waals surface area contributed by atoms with Gasteiger partial charge in [-0.05, 0) is 56.4 Å². The number of benzene rings is 1. The number of hydrogen-bond donors (Lipinski definition) is 1. The van der Waals surface area contributed by atoms with E-state index in [1.54, 1.807) is 14.0 Å². The van der Waals surface area contributed by atoms with Crippen molar-refractivity contribution in [1.82, 2.24) is 4.98 Å². The molecule has 0 saturated heterocycles. The third-order valence-electron chi connectivity index (χ3n) is 4.95. The lowest BCUT2D eigenvalue weighted by molar-refractivity contribution is -0.123. The average Bonchev–Trinajstić information content (AvgIpc) is 3.40. The summed E-state index contributed by atoms with van der Waals surface area (Å²) in [6.07, 6.45) is 3.42. The number of carbonyl (C=O) groups excluding carboxylic acids is 2. The summed E-state index contributed by atoms with van der Waals surface area (Å²) in [7, 11) is 1.61. The number of carbonyl (C=O) groups is 2. The largest absolute Gasteiger partial charge is 0.497 e. The first-order chi connectivity index (χ1) is 14.5. The molecular formula is C22H22N2O4S2. The molecule has 1 N–H and O–H groups in total. The van der Waals surface area contributed by atoms with E-state index in [1.807, 2.05) is 35.7 Å². The Hall–Kier alpha value is -2.71. The van der Waals surface area contributed by atoms with E-state index >= 15 is 0 Å². The smallest absolute Gasteiger partial charge is 0.349 e. The fourth-order valence-electron chi connectivity index (χ4n) is 3.32. The van der Waals surface area contributed by atoms with Gasteiger partial charge in [-0.3, -0.25) is 10.1 Å². The zero-order valence-corrected chi connectivity index (χ0v) is 18.4. The first-order valence-corrected chi connectivity index (χ1v) is 11.5. The molecular weight excluding hydrogens is 420 g/mol. The molecule has 2 heterocycles. The van der Waals surface area contributed by atoms with Crippen LogP contribution in [0.1, 0.15) is 39.9 Å². The number of thiophene rings is 1. The SMILES string of the molecule is COc1cccc(-c2csc(NC(=O)C(C)OC(=O)c3cc4c(s3)CCCC4)n2)c1. The number of nitrogens with zero attached hydrogens (tertiary/aromatic N) is 1. The lowest BCUT2D eigenvalue weighted by Gasteiger charge is -2.11. The third kappa shape index (κ3) is 4.55. The molecule has 1 atom stereocenters. The molecule has 2 aromatic heterocycles. The maximum absolute atomic E-state index is 12.5. The molecule has 156 valence electrons. The van der Waals surface area contributed by atoms with Gasteiger partial charge in [-0.1, -0.05) is 12.1 Å². The van der Waals surface area contributed by atoms with E-state index in [1.165, 1.54) is 33.1 Å². The molecule has 1 amide bonds. The van der Waals surface area contributed by atoms with Crippen molar-refractivity contribution < 1.29 is 19.1 Å². The molecule has 0 saturated carbocycles. The Morgan fingerprint density at radius 3 is 2.83 bits per heavy atom. The van der Waals surface area contributed by atoms with Crippen molar-refractivity contribution in [3.63, 3.8) is 0 Å². The van der Waals surface area contributed by atoms with Gasteiger partial charge in [0.2, 0.25) is 0 Å². The molecule has 1 aromatic carbocycles. The average molecular weight is 443 g/mol. The number of anilines is 1. The van der Waals surface area contributed by atoms with E-state index in [9.17, 15) is 9.59 Å². The molecule has 0 fully saturated rings. The highest BCUT2D eigenvalue weighted by molar-refractivity contribution is 7.14. The van der Waals surface area contributed by atoms with Gasteiger partial charge in [-0.25, -0.2) is 9.78 Å². The minimum atomic E-state index is -0.916. The second kappa shape index (κ2) is 8.97. The fraction of sp³-hybridized carbons (Fsp3) is 0.318. The Morgan fingerprint density at radius 2 is 2.03 bits per heavy atom. The molecule has 0 radical (unpaired) electrons. The Labute approximate surface area is 182 Å². The summed E-state index contributed by atoms with van der Waals surface area (Å²) in [6.45, 7) is 1.57. The molecule has 0 aliphatic heterocycles. The predicted octanol–water partition coefficient (Wildman–Crippen LogP) is 4.94. The van der Waals surface area contributed by atoms with E-state index in [2.05, 4.69) is 10.3 Å². The molecule has 1 unspecified atom stereocenters. The van der Waals surface area contributed by atoms with Crippen LogP contribution >= 0.6 is 22.7 Å². The molecule has 1 aliphatic rings. The quantitative estimate of drug-likeness (QED) is 0.547. The topological polar surface area (TPSA) is 77.5 Å². The lowest BCUT2D eigenvalue weighted by Crippen LogP contribution is -2.29. The van der Waals surface area contributed by atoms with Crippen LogP contribution in [-0.2, 0) is 22.4 Å². The highest BCUT2D eigenvalue weighted by atomic mass is 32.1. The Kier molecular flexibility index (Phi) is 6.15. The number of fused-ring (bicyclic) bond motifs is 1. The summed E-state index contributed by atoms with van der Waals surface area (Å²) >= 11 is 2.79. The molecule has 6 nitrogen and oxygen atoms in total. The predicted molar refractivity (Wildman–Crippen MR) is 119 cm³/mol. The molecule has 1 aliphatic carbocycles. The van der Waals surface area contributed by atoms with Crippen LogP contribution in [-0.4, -0.2) is 30.1 Å². The van der Waals surface area contributed by atoms with Crippen molar-refractivity contribution in [1.29, 1.82) is 0 Å². The van der Waals surface area contributed by atoms with E-state index < -0.39 is 18.0 Å². The van der Waals surface area contributed by atoms with Gasteiger partial charge in [0.15, 0.2) is 11.2 Å². The summed E-state index contributed by atoms with van der Waals surface area (Å²) < 4.78 is 10.6. The summed E-state index contributed by atoms with van der Waals surface area (Å²) in [4.78, 5) is 31.2. The van der Waals surface area contributed by atoms with Gasteiger partial charge in [0.05, 0.1) is 12.8 Å². The maximum Gasteiger partial charge on any atom is 0.349 e. The Bertz CT molecular complexity index is 1050. The summed E-state index contributed by atoms with van der Waals surface area (Å²) in [5, 5.41) is 5.04. The third-order valence-corrected chi connectivity index (χ3v) is 6.93. The first kappa shape index (κ1) is 20.6. The van der Waals surface area contributed by atoms with Crippen LogP contribution in [0.25, 0.3) is 11.3 Å². The number of rotatable bonds is 6. The van der Waals surface area contributed by atoms with Crippen molar-refractivity contribution in [2.45, 2.75) is 38.7 Å². The van der Waals surface area contributed by atoms with Gasteiger partial charge < -0.3 is 9.47 Å². The van der Waals surface area contributed by atoms with Gasteiger partial charge in [0.1, 0.15) is 10.6 Å². The molecule has 8 heteroatoms. The number of amides is 1. The number of hydrogen-bond acceptors (Lipinski definition) is 7. The van der Waals surface area contributed by atoms with Crippen LogP contribution in [0.3, 0.4) is 0 Å². The highest BCUT2D eigenvalue weighted by Gasteiger charge is 2.23. The fourth-order valence-corrected chi connectivity index (χ4v) is 5.18. The number of methoxy groups -OCH3 is 1. The summed E-state index contributed by atoms with van der Waals surface area (Å²) in [5.74, 6) is -0.119. The van der Waals surface area contributed by atoms with E-state index in [-0.39, 0.29) is 0 Å². The Balaban J connectivity index is 1.37. The van der Waals surface area contributed by atoms with Crippen molar-refractivity contribution in [2.75, 3.05) is 12.4 Å². The van der Waals surface area contributed by atoms with E-state index in [4.69, 9.17) is 9.47 Å².